The molecule has 0 aliphatic heterocycles. The van der Waals surface area contributed by atoms with Crippen molar-refractivity contribution in [2.24, 2.45) is 0 Å². The summed E-state index contributed by atoms with van der Waals surface area (Å²) in [6.45, 7) is 2.17. The van der Waals surface area contributed by atoms with Crippen molar-refractivity contribution in [2.45, 2.75) is 6.92 Å². The molecule has 3 aromatic rings. The number of carbonyl (C=O) groups is 1. The van der Waals surface area contributed by atoms with Crippen molar-refractivity contribution in [3.8, 4) is 0 Å². The van der Waals surface area contributed by atoms with Gasteiger partial charge in [-0.3, -0.25) is 0 Å². The zero-order valence-corrected chi connectivity index (χ0v) is 12.8. The van der Waals surface area contributed by atoms with Gasteiger partial charge in [-0.1, -0.05) is 18.2 Å². The number of ether oxygens (including phenoxy) is 1. The molecule has 0 radical (unpaired) electrons. The highest BCUT2D eigenvalue weighted by molar-refractivity contribution is 5.89. The molecule has 4 nitrogen and oxygen atoms in total. The van der Waals surface area contributed by atoms with Gasteiger partial charge in [-0.05, 0) is 55.0 Å². The lowest BCUT2D eigenvalue weighted by Gasteiger charge is -2.02. The molecule has 3 rings (SSSR count). The van der Waals surface area contributed by atoms with E-state index < -0.39 is 0 Å². The van der Waals surface area contributed by atoms with E-state index in [4.69, 9.17) is 4.74 Å². The first-order chi connectivity index (χ1) is 11.3. The average molecular weight is 304 g/mol. The van der Waals surface area contributed by atoms with Gasteiger partial charge >= 0.3 is 5.97 Å². The third-order valence-electron chi connectivity index (χ3n) is 3.35. The molecule has 0 N–H and O–H groups in total. The number of rotatable bonds is 4. The van der Waals surface area contributed by atoms with E-state index in [2.05, 4.69) is 9.97 Å². The zero-order chi connectivity index (χ0) is 16.1. The van der Waals surface area contributed by atoms with Crippen molar-refractivity contribution in [2.75, 3.05) is 6.61 Å². The molecular formula is C19H16N2O2. The maximum Gasteiger partial charge on any atom is 0.338 e. The van der Waals surface area contributed by atoms with Gasteiger partial charge in [-0.15, -0.1) is 0 Å². The molecule has 0 saturated heterocycles. The van der Waals surface area contributed by atoms with E-state index in [1.54, 1.807) is 25.3 Å². The van der Waals surface area contributed by atoms with Crippen molar-refractivity contribution in [1.82, 2.24) is 9.97 Å². The van der Waals surface area contributed by atoms with Crippen molar-refractivity contribution in [1.29, 1.82) is 0 Å². The predicted molar refractivity (Wildman–Crippen MR) is 90.9 cm³/mol. The molecule has 0 atom stereocenters. The van der Waals surface area contributed by atoms with Gasteiger partial charge in [0.2, 0.25) is 0 Å². The Morgan fingerprint density at radius 2 is 1.91 bits per heavy atom. The molecule has 0 saturated carbocycles. The number of hydrogen-bond donors (Lipinski definition) is 0. The van der Waals surface area contributed by atoms with Crippen LogP contribution in [0.1, 0.15) is 28.5 Å². The Bertz CT molecular complexity index is 855. The topological polar surface area (TPSA) is 52.1 Å². The number of benzene rings is 1. The third kappa shape index (κ3) is 3.61. The van der Waals surface area contributed by atoms with Gasteiger partial charge in [0.15, 0.2) is 5.65 Å². The number of pyridine rings is 2. The van der Waals surface area contributed by atoms with Crippen LogP contribution in [0.4, 0.5) is 0 Å². The highest BCUT2D eigenvalue weighted by Crippen LogP contribution is 2.13. The predicted octanol–water partition coefficient (Wildman–Crippen LogP) is 3.98. The Morgan fingerprint density at radius 1 is 1.09 bits per heavy atom. The molecule has 4 heteroatoms. The normalized spacial score (nSPS) is 11.0. The van der Waals surface area contributed by atoms with Crippen molar-refractivity contribution in [3.05, 3.63) is 71.5 Å². The lowest BCUT2D eigenvalue weighted by molar-refractivity contribution is 0.0526. The van der Waals surface area contributed by atoms with Gasteiger partial charge in [-0.25, -0.2) is 14.8 Å². The van der Waals surface area contributed by atoms with Crippen LogP contribution in [0.2, 0.25) is 0 Å². The highest BCUT2D eigenvalue weighted by Gasteiger charge is 2.04. The second-order valence-electron chi connectivity index (χ2n) is 4.96. The van der Waals surface area contributed by atoms with E-state index >= 15 is 0 Å². The summed E-state index contributed by atoms with van der Waals surface area (Å²) in [5.41, 5.74) is 3.11. The minimum atomic E-state index is -0.301. The first kappa shape index (κ1) is 14.9. The quantitative estimate of drug-likeness (QED) is 0.684. The molecule has 2 aromatic heterocycles. The van der Waals surface area contributed by atoms with Gasteiger partial charge in [-0.2, -0.15) is 0 Å². The molecule has 23 heavy (non-hydrogen) atoms. The molecule has 0 amide bonds. The van der Waals surface area contributed by atoms with Crippen LogP contribution in [0, 0.1) is 0 Å². The van der Waals surface area contributed by atoms with Crippen molar-refractivity contribution < 1.29 is 9.53 Å². The van der Waals surface area contributed by atoms with Crippen molar-refractivity contribution >= 4 is 29.2 Å². The van der Waals surface area contributed by atoms with Crippen molar-refractivity contribution in [3.63, 3.8) is 0 Å². The Hall–Kier alpha value is -3.01. The number of esters is 1. The summed E-state index contributed by atoms with van der Waals surface area (Å²) in [6.07, 6.45) is 5.61. The van der Waals surface area contributed by atoms with Gasteiger partial charge in [0.05, 0.1) is 17.9 Å². The number of nitrogens with zero attached hydrogens (tertiary/aromatic N) is 2. The zero-order valence-electron chi connectivity index (χ0n) is 12.8. The molecule has 0 fully saturated rings. The summed E-state index contributed by atoms with van der Waals surface area (Å²) in [5, 5.41) is 1.02. The standard InChI is InChI=1S/C19H16N2O2/c1-2-23-19(22)16-8-5-14(6-9-16)7-11-17-12-10-15-4-3-13-20-18(15)21-17/h3-13H,2H2,1H3/b11-7+. The minimum Gasteiger partial charge on any atom is -0.462 e. The third-order valence-corrected chi connectivity index (χ3v) is 3.35. The van der Waals surface area contributed by atoms with Crippen LogP contribution in [0.5, 0.6) is 0 Å². The lowest BCUT2D eigenvalue weighted by atomic mass is 10.1. The molecule has 0 unspecified atom stereocenters. The molecule has 0 aliphatic rings. The number of carbonyl (C=O) groups excluding carboxylic acids is 1. The second kappa shape index (κ2) is 6.83. The molecule has 0 spiro atoms. The van der Waals surface area contributed by atoms with Gasteiger partial charge in [0, 0.05) is 11.6 Å². The van der Waals surface area contributed by atoms with E-state index in [0.717, 1.165) is 22.3 Å². The Kier molecular flexibility index (Phi) is 4.43. The second-order valence-corrected chi connectivity index (χ2v) is 4.96. The fraction of sp³-hybridized carbons (Fsp3) is 0.105. The maximum atomic E-state index is 11.6. The van der Waals surface area contributed by atoms with Crippen LogP contribution in [0.3, 0.4) is 0 Å². The van der Waals surface area contributed by atoms with Crippen LogP contribution in [-0.2, 0) is 4.74 Å². The van der Waals surface area contributed by atoms with E-state index in [0.29, 0.717) is 12.2 Å². The summed E-state index contributed by atoms with van der Waals surface area (Å²) in [5.74, 6) is -0.301. The molecular weight excluding hydrogens is 288 g/mol. The summed E-state index contributed by atoms with van der Waals surface area (Å²) in [7, 11) is 0. The van der Waals surface area contributed by atoms with E-state index in [-0.39, 0.29) is 5.97 Å². The first-order valence-corrected chi connectivity index (χ1v) is 7.43. The summed E-state index contributed by atoms with van der Waals surface area (Å²) in [4.78, 5) is 20.3. The summed E-state index contributed by atoms with van der Waals surface area (Å²) < 4.78 is 4.96. The largest absolute Gasteiger partial charge is 0.462 e. The molecule has 0 aliphatic carbocycles. The summed E-state index contributed by atoms with van der Waals surface area (Å²) >= 11 is 0. The van der Waals surface area contributed by atoms with Gasteiger partial charge in [0.25, 0.3) is 0 Å². The number of fused-ring (bicyclic) bond motifs is 1. The van der Waals surface area contributed by atoms with Gasteiger partial charge < -0.3 is 4.74 Å². The molecule has 114 valence electrons. The first-order valence-electron chi connectivity index (χ1n) is 7.43. The van der Waals surface area contributed by atoms with Crippen LogP contribution in [-0.4, -0.2) is 22.5 Å². The van der Waals surface area contributed by atoms with Crippen LogP contribution in [0.25, 0.3) is 23.2 Å². The Labute approximate surface area is 134 Å². The van der Waals surface area contributed by atoms with Crippen LogP contribution in [0.15, 0.2) is 54.7 Å². The van der Waals surface area contributed by atoms with Crippen LogP contribution < -0.4 is 0 Å². The summed E-state index contributed by atoms with van der Waals surface area (Å²) in [6, 6.07) is 15.1. The fourth-order valence-corrected chi connectivity index (χ4v) is 2.19. The molecule has 1 aromatic carbocycles. The Balaban J connectivity index is 1.77. The monoisotopic (exact) mass is 304 g/mol. The lowest BCUT2D eigenvalue weighted by Crippen LogP contribution is -2.03. The number of aromatic nitrogens is 2. The fourth-order valence-electron chi connectivity index (χ4n) is 2.19. The minimum absolute atomic E-state index is 0.301. The SMILES string of the molecule is CCOC(=O)c1ccc(/C=C/c2ccc3cccnc3n2)cc1. The highest BCUT2D eigenvalue weighted by atomic mass is 16.5. The van der Waals surface area contributed by atoms with Crippen LogP contribution >= 0.6 is 0 Å². The average Bonchev–Trinajstić information content (AvgIpc) is 2.60. The smallest absolute Gasteiger partial charge is 0.338 e. The van der Waals surface area contributed by atoms with E-state index in [9.17, 15) is 4.79 Å². The molecule has 0 bridgehead atoms. The molecule has 2 heterocycles. The van der Waals surface area contributed by atoms with E-state index in [1.807, 2.05) is 48.6 Å². The van der Waals surface area contributed by atoms with E-state index in [1.165, 1.54) is 0 Å². The Morgan fingerprint density at radius 3 is 2.70 bits per heavy atom. The number of hydrogen-bond acceptors (Lipinski definition) is 4. The maximum absolute atomic E-state index is 11.6. The van der Waals surface area contributed by atoms with Gasteiger partial charge in [0.1, 0.15) is 0 Å².